The Morgan fingerprint density at radius 3 is 2.80 bits per heavy atom. The second kappa shape index (κ2) is 7.30. The Kier molecular flexibility index (Phi) is 6.03. The van der Waals surface area contributed by atoms with Gasteiger partial charge in [-0.1, -0.05) is 13.3 Å². The lowest BCUT2D eigenvalue weighted by Crippen LogP contribution is -2.10. The Morgan fingerprint density at radius 1 is 1.55 bits per heavy atom. The van der Waals surface area contributed by atoms with Crippen LogP contribution in [-0.2, 0) is 6.42 Å². The Labute approximate surface area is 124 Å². The maximum absolute atomic E-state index is 11.2. The van der Waals surface area contributed by atoms with Crippen molar-refractivity contribution in [3.8, 4) is 11.8 Å². The van der Waals surface area contributed by atoms with Gasteiger partial charge < -0.3 is 9.84 Å². The molecule has 0 bridgehead atoms. The number of carbonyl (C=O) groups is 1. The quantitative estimate of drug-likeness (QED) is 0.733. The topological polar surface area (TPSA) is 70.3 Å². The number of aromatic carboxylic acids is 1. The van der Waals surface area contributed by atoms with Gasteiger partial charge in [-0.2, -0.15) is 5.26 Å². The molecule has 0 atom stereocenters. The number of thiophene rings is 1. The minimum absolute atomic E-state index is 0.271. The summed E-state index contributed by atoms with van der Waals surface area (Å²) in [4.78, 5) is 12.5. The fraction of sp³-hybridized carbons (Fsp3) is 0.600. The monoisotopic (exact) mass is 295 g/mol. The summed E-state index contributed by atoms with van der Waals surface area (Å²) in [7, 11) is 0. The number of carboxylic acid groups (broad SMARTS) is 1. The highest BCUT2D eigenvalue weighted by atomic mass is 32.1. The summed E-state index contributed by atoms with van der Waals surface area (Å²) in [6.07, 6.45) is 3.32. The maximum Gasteiger partial charge on any atom is 0.349 e. The van der Waals surface area contributed by atoms with Gasteiger partial charge in [-0.3, -0.25) is 0 Å². The summed E-state index contributed by atoms with van der Waals surface area (Å²) in [5.41, 5.74) is -0.360. The van der Waals surface area contributed by atoms with Gasteiger partial charge in [0, 0.05) is 4.88 Å². The molecule has 4 nitrogen and oxygen atoms in total. The molecule has 0 amide bonds. The van der Waals surface area contributed by atoms with Crippen LogP contribution in [0.4, 0.5) is 0 Å². The van der Waals surface area contributed by atoms with E-state index in [1.807, 2.05) is 19.9 Å². The Hall–Kier alpha value is -1.54. The van der Waals surface area contributed by atoms with Crippen LogP contribution in [0.2, 0.25) is 0 Å². The van der Waals surface area contributed by atoms with Crippen molar-refractivity contribution in [2.45, 2.75) is 46.5 Å². The molecule has 0 fully saturated rings. The third-order valence-electron chi connectivity index (χ3n) is 2.95. The zero-order chi connectivity index (χ0) is 15.2. The van der Waals surface area contributed by atoms with Crippen molar-refractivity contribution in [3.05, 3.63) is 15.8 Å². The summed E-state index contributed by atoms with van der Waals surface area (Å²) in [5, 5.41) is 18.1. The molecule has 20 heavy (non-hydrogen) atoms. The van der Waals surface area contributed by atoms with Gasteiger partial charge in [0.05, 0.1) is 18.1 Å². The molecule has 0 spiro atoms. The number of aryl methyl sites for hydroxylation is 1. The van der Waals surface area contributed by atoms with Gasteiger partial charge in [-0.25, -0.2) is 4.79 Å². The van der Waals surface area contributed by atoms with Crippen LogP contribution in [0.25, 0.3) is 0 Å². The van der Waals surface area contributed by atoms with Crippen LogP contribution in [0.3, 0.4) is 0 Å². The molecule has 1 heterocycles. The summed E-state index contributed by atoms with van der Waals surface area (Å²) in [5.74, 6) is -0.481. The average Bonchev–Trinajstić information content (AvgIpc) is 2.78. The van der Waals surface area contributed by atoms with E-state index in [9.17, 15) is 4.79 Å². The predicted molar refractivity (Wildman–Crippen MR) is 79.4 cm³/mol. The molecule has 0 aromatic carbocycles. The molecule has 1 N–H and O–H groups in total. The Morgan fingerprint density at radius 2 is 2.25 bits per heavy atom. The number of ether oxygens (including phenoxy) is 1. The zero-order valence-electron chi connectivity index (χ0n) is 12.2. The van der Waals surface area contributed by atoms with Crippen molar-refractivity contribution in [1.82, 2.24) is 0 Å². The summed E-state index contributed by atoms with van der Waals surface area (Å²) >= 11 is 1.28. The number of rotatable bonds is 8. The van der Waals surface area contributed by atoms with E-state index in [2.05, 4.69) is 13.0 Å². The highest BCUT2D eigenvalue weighted by Crippen LogP contribution is 2.31. The van der Waals surface area contributed by atoms with Crippen molar-refractivity contribution in [2.75, 3.05) is 6.61 Å². The molecule has 5 heteroatoms. The Balaban J connectivity index is 2.59. The van der Waals surface area contributed by atoms with Crippen molar-refractivity contribution in [1.29, 1.82) is 5.26 Å². The van der Waals surface area contributed by atoms with Crippen LogP contribution in [0.5, 0.6) is 5.75 Å². The van der Waals surface area contributed by atoms with Gasteiger partial charge in [0.25, 0.3) is 0 Å². The van der Waals surface area contributed by atoms with Crippen LogP contribution < -0.4 is 4.74 Å². The van der Waals surface area contributed by atoms with Crippen molar-refractivity contribution >= 4 is 17.3 Å². The first-order valence-electron chi connectivity index (χ1n) is 6.79. The highest BCUT2D eigenvalue weighted by Gasteiger charge is 2.18. The molecule has 0 aliphatic heterocycles. The van der Waals surface area contributed by atoms with Crippen molar-refractivity contribution in [3.63, 3.8) is 0 Å². The zero-order valence-corrected chi connectivity index (χ0v) is 13.0. The largest absolute Gasteiger partial charge is 0.492 e. The van der Waals surface area contributed by atoms with Crippen LogP contribution in [0.15, 0.2) is 6.07 Å². The van der Waals surface area contributed by atoms with E-state index in [0.717, 1.165) is 30.6 Å². The molecule has 0 saturated heterocycles. The molecule has 0 aliphatic rings. The van der Waals surface area contributed by atoms with Crippen LogP contribution in [0, 0.1) is 16.7 Å². The molecule has 1 aromatic rings. The normalized spacial score (nSPS) is 11.1. The second-order valence-electron chi connectivity index (χ2n) is 5.41. The SMILES string of the molecule is CCCc1cc(OCCCC(C)(C)C#N)c(C(=O)O)s1. The molecule has 0 saturated carbocycles. The minimum Gasteiger partial charge on any atom is -0.492 e. The fourth-order valence-electron chi connectivity index (χ4n) is 1.80. The number of nitrogens with zero attached hydrogens (tertiary/aromatic N) is 1. The average molecular weight is 295 g/mol. The highest BCUT2D eigenvalue weighted by molar-refractivity contribution is 7.14. The smallest absolute Gasteiger partial charge is 0.349 e. The van der Waals surface area contributed by atoms with E-state index in [4.69, 9.17) is 15.1 Å². The first kappa shape index (κ1) is 16.5. The van der Waals surface area contributed by atoms with E-state index in [-0.39, 0.29) is 10.3 Å². The lowest BCUT2D eigenvalue weighted by molar-refractivity contribution is 0.0698. The molecule has 110 valence electrons. The molecule has 1 rings (SSSR count). The number of nitriles is 1. The van der Waals surface area contributed by atoms with Crippen molar-refractivity contribution in [2.24, 2.45) is 5.41 Å². The number of hydrogen-bond acceptors (Lipinski definition) is 4. The van der Waals surface area contributed by atoms with E-state index in [0.29, 0.717) is 12.4 Å². The summed E-state index contributed by atoms with van der Waals surface area (Å²) in [6, 6.07) is 4.07. The Bertz CT molecular complexity index is 500. The van der Waals surface area contributed by atoms with Gasteiger partial charge in [0.1, 0.15) is 5.75 Å². The van der Waals surface area contributed by atoms with E-state index < -0.39 is 5.97 Å². The lowest BCUT2D eigenvalue weighted by atomic mass is 9.90. The van der Waals surface area contributed by atoms with Gasteiger partial charge in [0.2, 0.25) is 0 Å². The van der Waals surface area contributed by atoms with Crippen LogP contribution >= 0.6 is 11.3 Å². The molecule has 0 radical (unpaired) electrons. The van der Waals surface area contributed by atoms with Crippen molar-refractivity contribution < 1.29 is 14.6 Å². The second-order valence-corrected chi connectivity index (χ2v) is 6.55. The third-order valence-corrected chi connectivity index (χ3v) is 4.11. The molecule has 1 aromatic heterocycles. The van der Waals surface area contributed by atoms with E-state index >= 15 is 0 Å². The maximum atomic E-state index is 11.2. The summed E-state index contributed by atoms with van der Waals surface area (Å²) < 4.78 is 5.59. The molecule has 0 aliphatic carbocycles. The fourth-order valence-corrected chi connectivity index (χ4v) is 2.84. The predicted octanol–water partition coefficient (Wildman–Crippen LogP) is 4.11. The number of carboxylic acids is 1. The standard InChI is InChI=1S/C15H21NO3S/c1-4-6-11-9-12(13(20-11)14(17)18)19-8-5-7-15(2,3)10-16/h9H,4-8H2,1-3H3,(H,17,18). The van der Waals surface area contributed by atoms with E-state index in [1.54, 1.807) is 0 Å². The molecular formula is C15H21NO3S. The van der Waals surface area contributed by atoms with Gasteiger partial charge >= 0.3 is 5.97 Å². The van der Waals surface area contributed by atoms with E-state index in [1.165, 1.54) is 11.3 Å². The minimum atomic E-state index is -0.940. The first-order chi connectivity index (χ1) is 9.39. The number of hydrogen-bond donors (Lipinski definition) is 1. The van der Waals surface area contributed by atoms with Gasteiger partial charge in [-0.15, -0.1) is 11.3 Å². The lowest BCUT2D eigenvalue weighted by Gasteiger charge is -2.14. The molecule has 0 unspecified atom stereocenters. The molecular weight excluding hydrogens is 274 g/mol. The third kappa shape index (κ3) is 4.86. The van der Waals surface area contributed by atoms with Crippen LogP contribution in [0.1, 0.15) is 54.6 Å². The summed E-state index contributed by atoms with van der Waals surface area (Å²) in [6.45, 7) is 6.28. The van der Waals surface area contributed by atoms with Crippen LogP contribution in [-0.4, -0.2) is 17.7 Å². The van der Waals surface area contributed by atoms with Gasteiger partial charge in [0.15, 0.2) is 4.88 Å². The van der Waals surface area contributed by atoms with Gasteiger partial charge in [-0.05, 0) is 39.2 Å². The first-order valence-corrected chi connectivity index (χ1v) is 7.61.